The Kier molecular flexibility index (Phi) is 6.68. The summed E-state index contributed by atoms with van der Waals surface area (Å²) in [4.78, 5) is 21.5. The van der Waals surface area contributed by atoms with Crippen molar-refractivity contribution in [2.45, 2.75) is 10.6 Å². The van der Waals surface area contributed by atoms with E-state index >= 15 is 0 Å². The van der Waals surface area contributed by atoms with E-state index in [0.29, 0.717) is 16.8 Å². The van der Waals surface area contributed by atoms with Crippen LogP contribution >= 0.6 is 35.4 Å². The maximum Gasteiger partial charge on any atom is 0.317 e. The molecule has 0 aromatic heterocycles. The minimum atomic E-state index is -2.37. The molecule has 7 N–H and O–H groups in total. The van der Waals surface area contributed by atoms with Gasteiger partial charge in [0.15, 0.2) is 10.6 Å². The average Bonchev–Trinajstić information content (AvgIpc) is 2.72. The number of allylic oxidation sites excluding steroid dienone is 2. The molecule has 0 bridgehead atoms. The number of hydrogen-bond acceptors (Lipinski definition) is 5. The van der Waals surface area contributed by atoms with Crippen LogP contribution in [0.25, 0.3) is 5.57 Å². The first kappa shape index (κ1) is 23.8. The predicted molar refractivity (Wildman–Crippen MR) is 126 cm³/mol. The lowest BCUT2D eigenvalue weighted by Gasteiger charge is -2.41. The van der Waals surface area contributed by atoms with Crippen molar-refractivity contribution in [1.29, 1.82) is 0 Å². The second-order valence-electron chi connectivity index (χ2n) is 6.87. The number of hydrogen-bond donors (Lipinski definition) is 5. The first-order chi connectivity index (χ1) is 15.0. The lowest BCUT2D eigenvalue weighted by molar-refractivity contribution is 0.0830. The standard InChI is InChI=1S/C21H17Cl2FN4O3S/c22-16-9-11(10-20(23,21(16,26)31)18(32)28-19(25)30)12-5-2-4-8-15(12)27-17(29)13-6-1-3-7-14(13)24/h1-10,31H,26H2,(H,27,29)(H3,25,28,30,32). The third-order valence-electron chi connectivity index (χ3n) is 4.73. The molecule has 32 heavy (non-hydrogen) atoms. The predicted octanol–water partition coefficient (Wildman–Crippen LogP) is 3.22. The summed E-state index contributed by atoms with van der Waals surface area (Å²) in [7, 11) is 0. The number of alkyl halides is 1. The number of anilines is 1. The van der Waals surface area contributed by atoms with E-state index in [1.165, 1.54) is 36.4 Å². The molecule has 2 aromatic carbocycles. The van der Waals surface area contributed by atoms with Crippen molar-refractivity contribution in [3.05, 3.63) is 82.7 Å². The smallest absolute Gasteiger partial charge is 0.317 e. The number of carbonyl (C=O) groups is 2. The fourth-order valence-electron chi connectivity index (χ4n) is 3.06. The van der Waals surface area contributed by atoms with Crippen LogP contribution in [0.1, 0.15) is 15.9 Å². The first-order valence-electron chi connectivity index (χ1n) is 9.04. The average molecular weight is 495 g/mol. The van der Waals surface area contributed by atoms with Crippen molar-refractivity contribution in [3.63, 3.8) is 0 Å². The zero-order valence-corrected chi connectivity index (χ0v) is 18.6. The van der Waals surface area contributed by atoms with E-state index in [0.717, 1.165) is 0 Å². The van der Waals surface area contributed by atoms with Gasteiger partial charge in [-0.3, -0.25) is 10.5 Å². The number of rotatable bonds is 4. The highest BCUT2D eigenvalue weighted by Crippen LogP contribution is 2.44. The van der Waals surface area contributed by atoms with Crippen LogP contribution in [-0.4, -0.2) is 32.6 Å². The van der Waals surface area contributed by atoms with Crippen molar-refractivity contribution in [1.82, 2.24) is 5.32 Å². The third-order valence-corrected chi connectivity index (χ3v) is 6.25. The number of halogens is 3. The lowest BCUT2D eigenvalue weighted by atomic mass is 9.84. The molecule has 2 aromatic rings. The molecule has 3 amide bonds. The van der Waals surface area contributed by atoms with Crippen LogP contribution in [0.15, 0.2) is 65.7 Å². The molecule has 2 unspecified atom stereocenters. The van der Waals surface area contributed by atoms with Gasteiger partial charge >= 0.3 is 6.03 Å². The number of nitrogens with one attached hydrogen (secondary N) is 2. The number of urea groups is 1. The summed E-state index contributed by atoms with van der Waals surface area (Å²) in [5.74, 6) is -1.36. The number of carbonyl (C=O) groups excluding carboxylic acids is 2. The van der Waals surface area contributed by atoms with E-state index in [1.807, 2.05) is 0 Å². The van der Waals surface area contributed by atoms with Crippen molar-refractivity contribution < 1.29 is 19.1 Å². The van der Waals surface area contributed by atoms with Crippen molar-refractivity contribution in [3.8, 4) is 0 Å². The summed E-state index contributed by atoms with van der Waals surface area (Å²) in [5.41, 5.74) is 9.53. The molecular formula is C21H17Cl2FN4O3S. The quantitative estimate of drug-likeness (QED) is 0.253. The molecule has 0 radical (unpaired) electrons. The Morgan fingerprint density at radius 3 is 2.41 bits per heavy atom. The Hall–Kier alpha value is -2.82. The van der Waals surface area contributed by atoms with Crippen molar-refractivity contribution in [2.24, 2.45) is 11.5 Å². The normalized spacial score (nSPS) is 22.4. The molecular weight excluding hydrogens is 478 g/mol. The van der Waals surface area contributed by atoms with Crippen LogP contribution in [0.4, 0.5) is 14.9 Å². The van der Waals surface area contributed by atoms with Gasteiger partial charge in [-0.2, -0.15) is 0 Å². The number of aliphatic hydroxyl groups is 1. The Bertz CT molecular complexity index is 1190. The zero-order chi connectivity index (χ0) is 23.7. The molecule has 0 saturated heterocycles. The largest absolute Gasteiger partial charge is 0.369 e. The number of thiocarbonyl (C=S) groups is 1. The molecule has 7 nitrogen and oxygen atoms in total. The Morgan fingerprint density at radius 2 is 1.75 bits per heavy atom. The van der Waals surface area contributed by atoms with E-state index in [9.17, 15) is 19.1 Å². The van der Waals surface area contributed by atoms with Crippen molar-refractivity contribution >= 4 is 63.6 Å². The second-order valence-corrected chi connectivity index (χ2v) is 8.28. The SMILES string of the molecule is NC(=O)NC(=S)C1(Cl)C=C(c2ccccc2NC(=O)c2ccccc2F)C=C(Cl)C1(N)O. The second kappa shape index (κ2) is 8.97. The fraction of sp³-hybridized carbons (Fsp3) is 0.0952. The Labute approximate surface area is 197 Å². The van der Waals surface area contributed by atoms with E-state index in [2.05, 4.69) is 10.6 Å². The summed E-state index contributed by atoms with van der Waals surface area (Å²) in [6, 6.07) is 11.0. The highest BCUT2D eigenvalue weighted by Gasteiger charge is 2.53. The van der Waals surface area contributed by atoms with Gasteiger partial charge in [-0.25, -0.2) is 9.18 Å². The maximum absolute atomic E-state index is 14.0. The number of benzene rings is 2. The molecule has 2 atom stereocenters. The van der Waals surface area contributed by atoms with Gasteiger partial charge in [0.05, 0.1) is 10.6 Å². The monoisotopic (exact) mass is 494 g/mol. The number of amides is 3. The molecule has 166 valence electrons. The van der Waals surface area contributed by atoms with E-state index < -0.39 is 28.4 Å². The summed E-state index contributed by atoms with van der Waals surface area (Å²) in [6.45, 7) is 0. The van der Waals surface area contributed by atoms with Gasteiger partial charge in [-0.15, -0.1) is 11.6 Å². The highest BCUT2D eigenvalue weighted by atomic mass is 35.5. The van der Waals surface area contributed by atoms with Crippen molar-refractivity contribution in [2.75, 3.05) is 5.32 Å². The molecule has 0 spiro atoms. The van der Waals surface area contributed by atoms with Crippen LogP contribution in [0, 0.1) is 5.82 Å². The molecule has 0 fully saturated rings. The van der Waals surface area contributed by atoms with Gasteiger partial charge in [-0.05, 0) is 35.9 Å². The summed E-state index contributed by atoms with van der Waals surface area (Å²) in [6.07, 6.45) is 2.62. The maximum atomic E-state index is 14.0. The molecule has 0 saturated carbocycles. The number of para-hydroxylation sites is 1. The van der Waals surface area contributed by atoms with Gasteiger partial charge in [0, 0.05) is 11.3 Å². The number of nitrogens with two attached hydrogens (primary N) is 2. The van der Waals surface area contributed by atoms with Gasteiger partial charge in [0.2, 0.25) is 0 Å². The van der Waals surface area contributed by atoms with Crippen LogP contribution in [0.5, 0.6) is 0 Å². The molecule has 0 heterocycles. The molecule has 1 aliphatic rings. The Morgan fingerprint density at radius 1 is 1.12 bits per heavy atom. The fourth-order valence-corrected chi connectivity index (χ4v) is 3.96. The lowest BCUT2D eigenvalue weighted by Crippen LogP contribution is -2.65. The van der Waals surface area contributed by atoms with E-state index in [-0.39, 0.29) is 15.6 Å². The van der Waals surface area contributed by atoms with Crippen LogP contribution in [-0.2, 0) is 0 Å². The van der Waals surface area contributed by atoms with Crippen LogP contribution in [0.2, 0.25) is 0 Å². The van der Waals surface area contributed by atoms with Gasteiger partial charge < -0.3 is 21.5 Å². The molecule has 11 heteroatoms. The zero-order valence-electron chi connectivity index (χ0n) is 16.2. The topological polar surface area (TPSA) is 130 Å². The molecule has 0 aliphatic heterocycles. The first-order valence-corrected chi connectivity index (χ1v) is 10.2. The minimum Gasteiger partial charge on any atom is -0.369 e. The molecule has 3 rings (SSSR count). The minimum absolute atomic E-state index is 0.150. The van der Waals surface area contributed by atoms with Gasteiger partial charge in [-0.1, -0.05) is 54.2 Å². The highest BCUT2D eigenvalue weighted by molar-refractivity contribution is 7.80. The van der Waals surface area contributed by atoms with Gasteiger partial charge in [0.1, 0.15) is 10.8 Å². The van der Waals surface area contributed by atoms with Gasteiger partial charge in [0.25, 0.3) is 5.91 Å². The van der Waals surface area contributed by atoms with E-state index in [4.69, 9.17) is 46.9 Å². The third kappa shape index (κ3) is 4.38. The van der Waals surface area contributed by atoms with E-state index in [1.54, 1.807) is 24.3 Å². The summed E-state index contributed by atoms with van der Waals surface area (Å²) >= 11 is 17.9. The summed E-state index contributed by atoms with van der Waals surface area (Å²) < 4.78 is 14.0. The van der Waals surface area contributed by atoms with Crippen LogP contribution in [0.3, 0.4) is 0 Å². The Balaban J connectivity index is 2.06. The number of primary amides is 1. The molecule has 1 aliphatic carbocycles. The summed E-state index contributed by atoms with van der Waals surface area (Å²) in [5, 5.41) is 15.2. The van der Waals surface area contributed by atoms with Crippen LogP contribution < -0.4 is 22.1 Å².